The molecule has 0 fully saturated rings. The lowest BCUT2D eigenvalue weighted by molar-refractivity contribution is -0.181. The van der Waals surface area contributed by atoms with Crippen molar-refractivity contribution in [2.45, 2.75) is 33.5 Å². The first-order chi connectivity index (χ1) is 9.86. The molecule has 0 bridgehead atoms. The second-order valence-corrected chi connectivity index (χ2v) is 5.04. The lowest BCUT2D eigenvalue weighted by Crippen LogP contribution is -2.75. The maximum Gasteiger partial charge on any atom is 0.288 e. The fourth-order valence-electron chi connectivity index (χ4n) is 2.74. The Hall–Kier alpha value is -0.730. The monoisotopic (exact) mass is 302 g/mol. The highest BCUT2D eigenvalue weighted by atomic mass is 16.2. The standard InChI is InChI=1S/C14H34N6O/c1-9-16-14(17(6)7,19(10-2)11-3)13(21)18(8)20(12-4)15-5/h15-16H,9-12H2,1-8H3. The number of likely N-dealkylation sites (N-methyl/N-ethyl adjacent to an activating group) is 4. The Labute approximate surface area is 130 Å². The summed E-state index contributed by atoms with van der Waals surface area (Å²) in [6.45, 7) is 11.1. The highest BCUT2D eigenvalue weighted by Crippen LogP contribution is 2.18. The van der Waals surface area contributed by atoms with Gasteiger partial charge in [-0.3, -0.25) is 24.9 Å². The van der Waals surface area contributed by atoms with E-state index in [1.807, 2.05) is 39.9 Å². The van der Waals surface area contributed by atoms with Crippen LogP contribution >= 0.6 is 0 Å². The van der Waals surface area contributed by atoms with Gasteiger partial charge in [0.25, 0.3) is 5.91 Å². The first-order valence-corrected chi connectivity index (χ1v) is 7.77. The second-order valence-electron chi connectivity index (χ2n) is 5.04. The van der Waals surface area contributed by atoms with Crippen molar-refractivity contribution in [3.05, 3.63) is 0 Å². The maximum atomic E-state index is 13.2. The summed E-state index contributed by atoms with van der Waals surface area (Å²) in [6, 6.07) is 0. The van der Waals surface area contributed by atoms with Crippen molar-refractivity contribution in [3.8, 4) is 0 Å². The molecule has 126 valence electrons. The molecule has 0 saturated carbocycles. The molecule has 7 heteroatoms. The van der Waals surface area contributed by atoms with Crippen molar-refractivity contribution in [3.63, 3.8) is 0 Å². The van der Waals surface area contributed by atoms with E-state index < -0.39 is 5.79 Å². The second kappa shape index (κ2) is 9.32. The van der Waals surface area contributed by atoms with E-state index in [4.69, 9.17) is 0 Å². The van der Waals surface area contributed by atoms with Crippen LogP contribution in [0.5, 0.6) is 0 Å². The molecular weight excluding hydrogens is 268 g/mol. The van der Waals surface area contributed by atoms with Crippen LogP contribution in [-0.4, -0.2) is 86.0 Å². The summed E-state index contributed by atoms with van der Waals surface area (Å²) in [5.74, 6) is -0.855. The van der Waals surface area contributed by atoms with Crippen LogP contribution in [0.2, 0.25) is 0 Å². The maximum absolute atomic E-state index is 13.2. The van der Waals surface area contributed by atoms with E-state index in [0.29, 0.717) is 13.1 Å². The molecule has 0 aromatic heterocycles. The minimum atomic E-state index is -0.850. The number of carbonyl (C=O) groups is 1. The zero-order valence-electron chi connectivity index (χ0n) is 15.0. The van der Waals surface area contributed by atoms with Gasteiger partial charge in [-0.05, 0) is 40.7 Å². The number of hydrogen-bond donors (Lipinski definition) is 2. The molecule has 0 aliphatic heterocycles. The average molecular weight is 302 g/mol. The third kappa shape index (κ3) is 4.14. The predicted octanol–water partition coefficient (Wildman–Crippen LogP) is -0.0172. The average Bonchev–Trinajstić information content (AvgIpc) is 2.47. The molecule has 1 unspecified atom stereocenters. The number of nitrogens with zero attached hydrogens (tertiary/aromatic N) is 4. The predicted molar refractivity (Wildman–Crippen MR) is 87.2 cm³/mol. The Morgan fingerprint density at radius 3 is 1.81 bits per heavy atom. The molecule has 0 heterocycles. The fraction of sp³-hybridized carbons (Fsp3) is 0.929. The molecule has 0 aliphatic rings. The molecule has 1 atom stereocenters. The zero-order chi connectivity index (χ0) is 16.6. The lowest BCUT2D eigenvalue weighted by Gasteiger charge is -2.49. The van der Waals surface area contributed by atoms with Gasteiger partial charge in [0.1, 0.15) is 0 Å². The Kier molecular flexibility index (Phi) is 9.00. The van der Waals surface area contributed by atoms with Crippen LogP contribution in [0.25, 0.3) is 0 Å². The number of rotatable bonds is 10. The normalized spacial score (nSPS) is 14.8. The Morgan fingerprint density at radius 2 is 1.52 bits per heavy atom. The smallest absolute Gasteiger partial charge is 0.279 e. The summed E-state index contributed by atoms with van der Waals surface area (Å²) < 4.78 is 0. The van der Waals surface area contributed by atoms with Gasteiger partial charge in [-0.1, -0.05) is 20.8 Å². The topological polar surface area (TPSA) is 54.1 Å². The molecule has 0 aromatic rings. The van der Waals surface area contributed by atoms with Gasteiger partial charge >= 0.3 is 0 Å². The zero-order valence-corrected chi connectivity index (χ0v) is 15.0. The van der Waals surface area contributed by atoms with Crippen molar-refractivity contribution in [1.29, 1.82) is 0 Å². The summed E-state index contributed by atoms with van der Waals surface area (Å²) >= 11 is 0. The molecule has 1 amide bonds. The molecule has 0 radical (unpaired) electrons. The van der Waals surface area contributed by atoms with Crippen molar-refractivity contribution < 1.29 is 4.79 Å². The van der Waals surface area contributed by atoms with Crippen molar-refractivity contribution >= 4 is 5.91 Å². The van der Waals surface area contributed by atoms with E-state index in [2.05, 4.69) is 29.5 Å². The van der Waals surface area contributed by atoms with Gasteiger partial charge in [0, 0.05) is 20.6 Å². The minimum Gasteiger partial charge on any atom is -0.279 e. The van der Waals surface area contributed by atoms with E-state index >= 15 is 0 Å². The fourth-order valence-corrected chi connectivity index (χ4v) is 2.74. The van der Waals surface area contributed by atoms with Crippen LogP contribution in [0.1, 0.15) is 27.7 Å². The quantitative estimate of drug-likeness (QED) is 0.437. The number of nitrogens with one attached hydrogen (secondary N) is 2. The molecule has 0 spiro atoms. The first kappa shape index (κ1) is 20.3. The van der Waals surface area contributed by atoms with Crippen LogP contribution < -0.4 is 10.7 Å². The van der Waals surface area contributed by atoms with Crippen LogP contribution in [0.3, 0.4) is 0 Å². The van der Waals surface area contributed by atoms with Gasteiger partial charge < -0.3 is 0 Å². The summed E-state index contributed by atoms with van der Waals surface area (Å²) in [4.78, 5) is 17.3. The SMILES string of the molecule is CCNC(C(=O)N(C)N(CC)NC)(N(C)C)N(CC)CC. The van der Waals surface area contributed by atoms with Crippen LogP contribution in [0.15, 0.2) is 0 Å². The van der Waals surface area contributed by atoms with Gasteiger partial charge in [0.15, 0.2) is 0 Å². The lowest BCUT2D eigenvalue weighted by atomic mass is 10.2. The van der Waals surface area contributed by atoms with Gasteiger partial charge in [0.2, 0.25) is 5.79 Å². The molecule has 0 saturated heterocycles. The van der Waals surface area contributed by atoms with E-state index in [-0.39, 0.29) is 5.91 Å². The number of amides is 1. The Bertz CT molecular complexity index is 304. The Morgan fingerprint density at radius 1 is 1.00 bits per heavy atom. The molecule has 7 nitrogen and oxygen atoms in total. The van der Waals surface area contributed by atoms with Crippen molar-refractivity contribution in [2.24, 2.45) is 0 Å². The highest BCUT2D eigenvalue weighted by molar-refractivity contribution is 5.84. The Balaban J connectivity index is 5.70. The highest BCUT2D eigenvalue weighted by Gasteiger charge is 2.47. The molecule has 0 aliphatic carbocycles. The number of hydrazine groups is 2. The summed E-state index contributed by atoms with van der Waals surface area (Å²) in [7, 11) is 7.47. The van der Waals surface area contributed by atoms with Gasteiger partial charge in [-0.25, -0.2) is 5.43 Å². The number of hydrogen-bond acceptors (Lipinski definition) is 6. The van der Waals surface area contributed by atoms with Crippen LogP contribution in [0, 0.1) is 0 Å². The van der Waals surface area contributed by atoms with Gasteiger partial charge in [-0.15, -0.1) is 0 Å². The summed E-state index contributed by atoms with van der Waals surface area (Å²) in [6.07, 6.45) is 0. The van der Waals surface area contributed by atoms with Crippen LogP contribution in [0.4, 0.5) is 0 Å². The molecular formula is C14H34N6O. The van der Waals surface area contributed by atoms with Crippen molar-refractivity contribution in [1.82, 2.24) is 30.7 Å². The molecule has 2 N–H and O–H groups in total. The molecule has 0 rings (SSSR count). The van der Waals surface area contributed by atoms with Crippen molar-refractivity contribution in [2.75, 3.05) is 54.4 Å². The molecule has 0 aromatic carbocycles. The third-order valence-corrected chi connectivity index (χ3v) is 3.80. The van der Waals surface area contributed by atoms with E-state index in [9.17, 15) is 4.79 Å². The van der Waals surface area contributed by atoms with Gasteiger partial charge in [0.05, 0.1) is 0 Å². The van der Waals surface area contributed by atoms with E-state index in [1.54, 1.807) is 17.2 Å². The minimum absolute atomic E-state index is 0.00532. The third-order valence-electron chi connectivity index (χ3n) is 3.80. The summed E-state index contributed by atoms with van der Waals surface area (Å²) in [5, 5.41) is 6.82. The first-order valence-electron chi connectivity index (χ1n) is 7.77. The summed E-state index contributed by atoms with van der Waals surface area (Å²) in [5.41, 5.74) is 3.03. The largest absolute Gasteiger partial charge is 0.288 e. The van der Waals surface area contributed by atoms with E-state index in [1.165, 1.54) is 0 Å². The van der Waals surface area contributed by atoms with E-state index in [0.717, 1.165) is 13.1 Å². The number of carbonyl (C=O) groups excluding carboxylic acids is 1. The van der Waals surface area contributed by atoms with Gasteiger partial charge in [-0.2, -0.15) is 5.12 Å². The van der Waals surface area contributed by atoms with Crippen LogP contribution in [-0.2, 0) is 4.79 Å². The molecule has 21 heavy (non-hydrogen) atoms.